The third kappa shape index (κ3) is 1.81. The van der Waals surface area contributed by atoms with Crippen molar-refractivity contribution in [1.82, 2.24) is 0 Å². The molecule has 14 heavy (non-hydrogen) atoms. The van der Waals surface area contributed by atoms with Crippen molar-refractivity contribution in [3.63, 3.8) is 0 Å². The maximum absolute atomic E-state index is 5.95. The number of alkyl halides is 1. The minimum absolute atomic E-state index is 0.0214. The summed E-state index contributed by atoms with van der Waals surface area (Å²) in [6.07, 6.45) is 1.95. The Morgan fingerprint density at radius 2 is 2.00 bits per heavy atom. The summed E-state index contributed by atoms with van der Waals surface area (Å²) in [5.74, 6) is -0.472. The van der Waals surface area contributed by atoms with Crippen LogP contribution >= 0.6 is 22.6 Å². The van der Waals surface area contributed by atoms with Gasteiger partial charge in [-0.2, -0.15) is 0 Å². The first-order valence-corrected chi connectivity index (χ1v) is 6.62. The van der Waals surface area contributed by atoms with Crippen LogP contribution in [0.15, 0.2) is 0 Å². The van der Waals surface area contributed by atoms with Crippen LogP contribution in [0.2, 0.25) is 0 Å². The number of rotatable bonds is 2. The topological polar surface area (TPSA) is 27.7 Å². The first-order chi connectivity index (χ1) is 6.50. The van der Waals surface area contributed by atoms with Crippen molar-refractivity contribution < 1.29 is 14.2 Å². The lowest BCUT2D eigenvalue weighted by atomic mass is 9.98. The Morgan fingerprint density at radius 1 is 1.29 bits per heavy atom. The quantitative estimate of drug-likeness (QED) is 0.579. The molecule has 82 valence electrons. The van der Waals surface area contributed by atoms with Crippen LogP contribution in [0.5, 0.6) is 0 Å². The van der Waals surface area contributed by atoms with Crippen molar-refractivity contribution in [3.05, 3.63) is 0 Å². The van der Waals surface area contributed by atoms with Crippen molar-refractivity contribution in [3.8, 4) is 0 Å². The zero-order valence-electron chi connectivity index (χ0n) is 8.88. The first kappa shape index (κ1) is 11.1. The predicted molar refractivity (Wildman–Crippen MR) is 61.4 cm³/mol. The average Bonchev–Trinajstić information content (AvgIpc) is 2.55. The van der Waals surface area contributed by atoms with E-state index in [2.05, 4.69) is 29.5 Å². The Labute approximate surface area is 98.6 Å². The van der Waals surface area contributed by atoms with Crippen LogP contribution in [0.25, 0.3) is 0 Å². The van der Waals surface area contributed by atoms with Crippen LogP contribution in [-0.4, -0.2) is 28.2 Å². The van der Waals surface area contributed by atoms with Gasteiger partial charge < -0.3 is 14.2 Å². The molecule has 2 fully saturated rings. The molecule has 0 saturated carbocycles. The highest BCUT2D eigenvalue weighted by Gasteiger charge is 2.53. The third-order valence-corrected chi connectivity index (χ3v) is 4.36. The molecule has 3 atom stereocenters. The molecular weight excluding hydrogens is 295 g/mol. The zero-order valence-corrected chi connectivity index (χ0v) is 11.0. The largest absolute Gasteiger partial charge is 0.342 e. The maximum Gasteiger partial charge on any atom is 0.187 e. The summed E-state index contributed by atoms with van der Waals surface area (Å²) < 4.78 is 18.4. The number of hydrogen-bond donors (Lipinski definition) is 0. The highest BCUT2D eigenvalue weighted by Crippen LogP contribution is 2.43. The third-order valence-electron chi connectivity index (χ3n) is 2.97. The van der Waals surface area contributed by atoms with Gasteiger partial charge in [-0.25, -0.2) is 0 Å². The lowest BCUT2D eigenvalue weighted by molar-refractivity contribution is -0.220. The summed E-state index contributed by atoms with van der Waals surface area (Å²) in [7, 11) is 0. The Bertz CT molecular complexity index is 207. The number of fused-ring (bicyclic) bond motifs is 1. The molecule has 2 rings (SSSR count). The second-order valence-corrected chi connectivity index (χ2v) is 5.30. The highest BCUT2D eigenvalue weighted by atomic mass is 127. The van der Waals surface area contributed by atoms with E-state index in [9.17, 15) is 0 Å². The molecule has 0 aromatic rings. The molecular formula is C10H17IO3. The van der Waals surface area contributed by atoms with Crippen molar-refractivity contribution in [2.45, 2.75) is 57.4 Å². The summed E-state index contributed by atoms with van der Waals surface area (Å²) in [6.45, 7) is 6.03. The lowest BCUT2D eigenvalue weighted by Crippen LogP contribution is -2.34. The molecule has 0 aliphatic carbocycles. The van der Waals surface area contributed by atoms with Gasteiger partial charge >= 0.3 is 0 Å². The van der Waals surface area contributed by atoms with E-state index in [-0.39, 0.29) is 18.0 Å². The first-order valence-electron chi connectivity index (χ1n) is 5.10. The van der Waals surface area contributed by atoms with E-state index in [0.29, 0.717) is 0 Å². The monoisotopic (exact) mass is 312 g/mol. The fraction of sp³-hybridized carbons (Fsp3) is 1.00. The van der Waals surface area contributed by atoms with Gasteiger partial charge in [0.25, 0.3) is 0 Å². The normalized spacial score (nSPS) is 45.4. The van der Waals surface area contributed by atoms with E-state index in [1.165, 1.54) is 0 Å². The van der Waals surface area contributed by atoms with Gasteiger partial charge in [-0.05, 0) is 20.3 Å². The average molecular weight is 312 g/mol. The summed E-state index contributed by atoms with van der Waals surface area (Å²) in [5.41, 5.74) is -0.0214. The van der Waals surface area contributed by atoms with Crippen LogP contribution in [0.1, 0.15) is 33.6 Å². The number of hydrogen-bond acceptors (Lipinski definition) is 3. The standard InChI is InChI=1S/C10H17IO3/c1-4-10(6-11)5-7-8(14-10)13-9(2,3)12-7/h7-8H,4-6H2,1-3H3/t7-,8+,10+/m1/s1. The van der Waals surface area contributed by atoms with Gasteiger partial charge in [0, 0.05) is 10.8 Å². The molecule has 2 aliphatic heterocycles. The number of ether oxygens (including phenoxy) is 3. The van der Waals surface area contributed by atoms with Crippen molar-refractivity contribution in [2.24, 2.45) is 0 Å². The van der Waals surface area contributed by atoms with Gasteiger partial charge in [-0.3, -0.25) is 0 Å². The molecule has 0 aromatic carbocycles. The molecule has 4 heteroatoms. The Hall–Kier alpha value is 0.610. The Morgan fingerprint density at radius 3 is 2.50 bits per heavy atom. The minimum atomic E-state index is -0.472. The van der Waals surface area contributed by atoms with Crippen molar-refractivity contribution in [1.29, 1.82) is 0 Å². The molecule has 3 nitrogen and oxygen atoms in total. The molecule has 0 aromatic heterocycles. The second-order valence-electron chi connectivity index (χ2n) is 4.53. The fourth-order valence-corrected chi connectivity index (χ4v) is 3.14. The van der Waals surface area contributed by atoms with Gasteiger partial charge in [0.2, 0.25) is 0 Å². The molecule has 0 unspecified atom stereocenters. The van der Waals surface area contributed by atoms with Gasteiger partial charge in [-0.1, -0.05) is 29.5 Å². The molecule has 0 amide bonds. The molecule has 2 aliphatic rings. The molecule has 0 spiro atoms. The SMILES string of the molecule is CC[C@@]1(CI)C[C@H]2OC(C)(C)O[C@H]2O1. The predicted octanol–water partition coefficient (Wildman–Crippen LogP) is 2.47. The molecule has 2 heterocycles. The van der Waals surface area contributed by atoms with E-state index in [1.807, 2.05) is 13.8 Å². The summed E-state index contributed by atoms with van der Waals surface area (Å²) in [6, 6.07) is 0. The van der Waals surface area contributed by atoms with Crippen LogP contribution in [0.3, 0.4) is 0 Å². The smallest absolute Gasteiger partial charge is 0.187 e. The van der Waals surface area contributed by atoms with E-state index in [1.54, 1.807) is 0 Å². The van der Waals surface area contributed by atoms with Crippen LogP contribution in [0.4, 0.5) is 0 Å². The summed E-state index contributed by atoms with van der Waals surface area (Å²) in [4.78, 5) is 0. The van der Waals surface area contributed by atoms with Crippen LogP contribution in [-0.2, 0) is 14.2 Å². The van der Waals surface area contributed by atoms with E-state index >= 15 is 0 Å². The number of halogens is 1. The Balaban J connectivity index is 2.06. The second kappa shape index (κ2) is 3.57. The van der Waals surface area contributed by atoms with E-state index < -0.39 is 5.79 Å². The fourth-order valence-electron chi connectivity index (χ4n) is 2.11. The van der Waals surface area contributed by atoms with Crippen LogP contribution in [0, 0.1) is 0 Å². The van der Waals surface area contributed by atoms with Gasteiger partial charge in [-0.15, -0.1) is 0 Å². The molecule has 0 bridgehead atoms. The van der Waals surface area contributed by atoms with E-state index in [0.717, 1.165) is 17.3 Å². The van der Waals surface area contributed by atoms with Crippen molar-refractivity contribution >= 4 is 22.6 Å². The summed E-state index contributed by atoms with van der Waals surface area (Å²) in [5, 5.41) is 0. The Kier molecular flexibility index (Phi) is 2.83. The lowest BCUT2D eigenvalue weighted by Gasteiger charge is -2.28. The van der Waals surface area contributed by atoms with Gasteiger partial charge in [0.05, 0.1) is 5.60 Å². The van der Waals surface area contributed by atoms with Crippen LogP contribution < -0.4 is 0 Å². The molecule has 0 N–H and O–H groups in total. The van der Waals surface area contributed by atoms with Gasteiger partial charge in [0.1, 0.15) is 6.10 Å². The summed E-state index contributed by atoms with van der Waals surface area (Å²) >= 11 is 2.38. The minimum Gasteiger partial charge on any atom is -0.342 e. The highest BCUT2D eigenvalue weighted by molar-refractivity contribution is 14.1. The van der Waals surface area contributed by atoms with E-state index in [4.69, 9.17) is 14.2 Å². The molecule has 2 saturated heterocycles. The zero-order chi connectivity index (χ0) is 10.4. The van der Waals surface area contributed by atoms with Crippen molar-refractivity contribution in [2.75, 3.05) is 4.43 Å². The molecule has 0 radical (unpaired) electrons. The van der Waals surface area contributed by atoms with Gasteiger partial charge in [0.15, 0.2) is 12.1 Å². The maximum atomic E-state index is 5.95.